The van der Waals surface area contributed by atoms with Crippen molar-refractivity contribution in [2.75, 3.05) is 0 Å². The second kappa shape index (κ2) is 5.40. The van der Waals surface area contributed by atoms with Crippen LogP contribution in [0.5, 0.6) is 0 Å². The largest absolute Gasteiger partial charge is 0.362 e. The quantitative estimate of drug-likeness (QED) is 0.701. The van der Waals surface area contributed by atoms with E-state index in [0.29, 0.717) is 0 Å². The highest BCUT2D eigenvalue weighted by molar-refractivity contribution is 5.69. The standard InChI is InChI=1S/C14H19N/c1-5-7-8-10-14-12(4)15-11(3)13(14)9-6-2/h5-6,8-10,15H,1,7H2,2-4H3. The van der Waals surface area contributed by atoms with Crippen LogP contribution < -0.4 is 0 Å². The Bertz CT molecular complexity index is 392. The second-order valence-corrected chi connectivity index (χ2v) is 3.63. The molecule has 0 aliphatic carbocycles. The van der Waals surface area contributed by atoms with Gasteiger partial charge in [0.25, 0.3) is 0 Å². The number of rotatable bonds is 4. The number of hydrogen-bond acceptors (Lipinski definition) is 0. The van der Waals surface area contributed by atoms with Gasteiger partial charge in [0.2, 0.25) is 0 Å². The Hall–Kier alpha value is -1.50. The number of nitrogens with one attached hydrogen (secondary N) is 1. The summed E-state index contributed by atoms with van der Waals surface area (Å²) < 4.78 is 0. The van der Waals surface area contributed by atoms with E-state index in [1.807, 2.05) is 13.0 Å². The molecule has 0 unspecified atom stereocenters. The summed E-state index contributed by atoms with van der Waals surface area (Å²) in [7, 11) is 0. The van der Waals surface area contributed by atoms with Crippen molar-refractivity contribution in [2.24, 2.45) is 0 Å². The predicted molar refractivity (Wildman–Crippen MR) is 68.8 cm³/mol. The van der Waals surface area contributed by atoms with E-state index >= 15 is 0 Å². The highest BCUT2D eigenvalue weighted by Crippen LogP contribution is 2.21. The number of H-pyrrole nitrogens is 1. The van der Waals surface area contributed by atoms with Crippen LogP contribution in [0.1, 0.15) is 35.9 Å². The van der Waals surface area contributed by atoms with Gasteiger partial charge in [0, 0.05) is 22.5 Å². The van der Waals surface area contributed by atoms with Crippen LogP contribution in [0.25, 0.3) is 12.2 Å². The van der Waals surface area contributed by atoms with Gasteiger partial charge in [-0.3, -0.25) is 0 Å². The van der Waals surface area contributed by atoms with Gasteiger partial charge in [-0.25, -0.2) is 0 Å². The number of aromatic amines is 1. The first-order valence-electron chi connectivity index (χ1n) is 5.30. The van der Waals surface area contributed by atoms with Crippen molar-refractivity contribution in [3.05, 3.63) is 47.3 Å². The molecule has 0 fully saturated rings. The molecule has 0 amide bonds. The maximum absolute atomic E-state index is 3.71. The predicted octanol–water partition coefficient (Wildman–Crippen LogP) is 4.25. The van der Waals surface area contributed by atoms with Gasteiger partial charge in [0.05, 0.1) is 0 Å². The molecular weight excluding hydrogens is 182 g/mol. The maximum Gasteiger partial charge on any atom is 0.0197 e. The Balaban J connectivity index is 3.08. The molecule has 1 aromatic rings. The average molecular weight is 201 g/mol. The third kappa shape index (κ3) is 2.72. The minimum atomic E-state index is 0.916. The summed E-state index contributed by atoms with van der Waals surface area (Å²) in [5.74, 6) is 0. The van der Waals surface area contributed by atoms with Crippen LogP contribution in [0, 0.1) is 13.8 Å². The van der Waals surface area contributed by atoms with Crippen molar-refractivity contribution in [3.8, 4) is 0 Å². The molecule has 15 heavy (non-hydrogen) atoms. The van der Waals surface area contributed by atoms with Crippen molar-refractivity contribution in [1.82, 2.24) is 4.98 Å². The van der Waals surface area contributed by atoms with Gasteiger partial charge in [-0.1, -0.05) is 30.4 Å². The molecule has 1 rings (SSSR count). The Morgan fingerprint density at radius 3 is 2.27 bits per heavy atom. The van der Waals surface area contributed by atoms with Gasteiger partial charge < -0.3 is 4.98 Å². The summed E-state index contributed by atoms with van der Waals surface area (Å²) in [6.07, 6.45) is 11.3. The Labute approximate surface area is 92.2 Å². The zero-order valence-electron chi connectivity index (χ0n) is 9.80. The molecule has 1 heterocycles. The summed E-state index contributed by atoms with van der Waals surface area (Å²) in [5, 5.41) is 0. The average Bonchev–Trinajstić information content (AvgIpc) is 2.45. The number of aryl methyl sites for hydroxylation is 2. The van der Waals surface area contributed by atoms with Crippen molar-refractivity contribution in [1.29, 1.82) is 0 Å². The lowest BCUT2D eigenvalue weighted by Crippen LogP contribution is -1.77. The smallest absolute Gasteiger partial charge is 0.0197 e. The summed E-state index contributed by atoms with van der Waals surface area (Å²) >= 11 is 0. The van der Waals surface area contributed by atoms with E-state index in [1.165, 1.54) is 22.5 Å². The van der Waals surface area contributed by atoms with Crippen LogP contribution >= 0.6 is 0 Å². The third-order valence-electron chi connectivity index (χ3n) is 2.39. The molecule has 0 atom stereocenters. The first-order valence-corrected chi connectivity index (χ1v) is 5.30. The second-order valence-electron chi connectivity index (χ2n) is 3.63. The first-order chi connectivity index (χ1) is 7.20. The summed E-state index contributed by atoms with van der Waals surface area (Å²) in [6, 6.07) is 0. The van der Waals surface area contributed by atoms with E-state index in [-0.39, 0.29) is 0 Å². The molecule has 0 aliphatic rings. The molecule has 0 radical (unpaired) electrons. The summed E-state index contributed by atoms with van der Waals surface area (Å²) in [4.78, 5) is 3.36. The number of hydrogen-bond donors (Lipinski definition) is 1. The van der Waals surface area contributed by atoms with Crippen LogP contribution in [0.15, 0.2) is 24.8 Å². The van der Waals surface area contributed by atoms with Crippen LogP contribution in [-0.4, -0.2) is 4.98 Å². The fourth-order valence-corrected chi connectivity index (χ4v) is 1.70. The minimum Gasteiger partial charge on any atom is -0.362 e. The van der Waals surface area contributed by atoms with E-state index in [1.54, 1.807) is 0 Å². The van der Waals surface area contributed by atoms with Gasteiger partial charge >= 0.3 is 0 Å². The molecule has 0 aliphatic heterocycles. The minimum absolute atomic E-state index is 0.916. The van der Waals surface area contributed by atoms with Crippen molar-refractivity contribution in [3.63, 3.8) is 0 Å². The molecule has 0 saturated heterocycles. The van der Waals surface area contributed by atoms with Gasteiger partial charge in [-0.15, -0.1) is 6.58 Å². The number of aromatic nitrogens is 1. The van der Waals surface area contributed by atoms with E-state index in [4.69, 9.17) is 0 Å². The van der Waals surface area contributed by atoms with Gasteiger partial charge in [-0.05, 0) is 27.2 Å². The van der Waals surface area contributed by atoms with E-state index < -0.39 is 0 Å². The molecule has 0 spiro atoms. The van der Waals surface area contributed by atoms with Gasteiger partial charge in [0.15, 0.2) is 0 Å². The van der Waals surface area contributed by atoms with Crippen molar-refractivity contribution < 1.29 is 0 Å². The maximum atomic E-state index is 3.71. The van der Waals surface area contributed by atoms with Gasteiger partial charge in [0.1, 0.15) is 0 Å². The van der Waals surface area contributed by atoms with E-state index in [0.717, 1.165) is 6.42 Å². The van der Waals surface area contributed by atoms with E-state index in [9.17, 15) is 0 Å². The molecule has 1 N–H and O–H groups in total. The van der Waals surface area contributed by atoms with Crippen LogP contribution in [-0.2, 0) is 0 Å². The fraction of sp³-hybridized carbons (Fsp3) is 0.286. The molecule has 1 aromatic heterocycles. The van der Waals surface area contributed by atoms with Crippen LogP contribution in [0.2, 0.25) is 0 Å². The third-order valence-corrected chi connectivity index (χ3v) is 2.39. The zero-order chi connectivity index (χ0) is 11.3. The topological polar surface area (TPSA) is 15.8 Å². The SMILES string of the molecule is C=CCC=Cc1c(C)[nH]c(C)c1C=CC. The molecule has 0 bridgehead atoms. The Kier molecular flexibility index (Phi) is 4.17. The fourth-order valence-electron chi connectivity index (χ4n) is 1.70. The molecule has 80 valence electrons. The normalized spacial score (nSPS) is 11.7. The van der Waals surface area contributed by atoms with Crippen molar-refractivity contribution in [2.45, 2.75) is 27.2 Å². The summed E-state index contributed by atoms with van der Waals surface area (Å²) in [6.45, 7) is 9.95. The molecular formula is C14H19N. The summed E-state index contributed by atoms with van der Waals surface area (Å²) in [5.41, 5.74) is 5.02. The van der Waals surface area contributed by atoms with Gasteiger partial charge in [-0.2, -0.15) is 0 Å². The number of allylic oxidation sites excluding steroid dienone is 3. The molecule has 0 saturated carbocycles. The Morgan fingerprint density at radius 1 is 1.13 bits per heavy atom. The first kappa shape index (κ1) is 11.6. The zero-order valence-corrected chi connectivity index (χ0v) is 9.80. The monoisotopic (exact) mass is 201 g/mol. The van der Waals surface area contributed by atoms with Crippen LogP contribution in [0.3, 0.4) is 0 Å². The van der Waals surface area contributed by atoms with Crippen LogP contribution in [0.4, 0.5) is 0 Å². The van der Waals surface area contributed by atoms with Crippen molar-refractivity contribution >= 4 is 12.2 Å². The van der Waals surface area contributed by atoms with E-state index in [2.05, 4.69) is 49.7 Å². The molecule has 1 nitrogen and oxygen atoms in total. The molecule has 0 aromatic carbocycles. The highest BCUT2D eigenvalue weighted by atomic mass is 14.7. The Morgan fingerprint density at radius 2 is 1.73 bits per heavy atom. The molecule has 1 heteroatoms. The lowest BCUT2D eigenvalue weighted by atomic mass is 10.1. The highest BCUT2D eigenvalue weighted by Gasteiger charge is 2.06. The lowest BCUT2D eigenvalue weighted by Gasteiger charge is -1.95. The lowest BCUT2D eigenvalue weighted by molar-refractivity contribution is 1.18.